The maximum atomic E-state index is 9.44. The van der Waals surface area contributed by atoms with Gasteiger partial charge in [0.2, 0.25) is 0 Å². The fourth-order valence-electron chi connectivity index (χ4n) is 1.94. The zero-order valence-electron chi connectivity index (χ0n) is 10.3. The number of benzene rings is 1. The summed E-state index contributed by atoms with van der Waals surface area (Å²) in [5.74, 6) is 0.309. The molecule has 0 fully saturated rings. The fraction of sp³-hybridized carbons (Fsp3) is 0.357. The Morgan fingerprint density at radius 3 is 2.65 bits per heavy atom. The van der Waals surface area contributed by atoms with Crippen molar-refractivity contribution in [2.45, 2.75) is 33.2 Å². The Kier molecular flexibility index (Phi) is 3.47. The van der Waals surface area contributed by atoms with E-state index in [2.05, 4.69) is 25.0 Å². The van der Waals surface area contributed by atoms with Crippen molar-refractivity contribution in [3.8, 4) is 5.75 Å². The monoisotopic (exact) mass is 230 g/mol. The Balaban J connectivity index is 2.25. The molecule has 0 radical (unpaired) electrons. The molecular formula is C14H18N2O. The molecule has 0 saturated carbocycles. The van der Waals surface area contributed by atoms with E-state index < -0.39 is 0 Å². The van der Waals surface area contributed by atoms with E-state index in [-0.39, 0.29) is 0 Å². The number of aryl methyl sites for hydroxylation is 2. The molecule has 0 amide bonds. The van der Waals surface area contributed by atoms with Crippen LogP contribution >= 0.6 is 0 Å². The average Bonchev–Trinajstić information content (AvgIpc) is 2.71. The van der Waals surface area contributed by atoms with Gasteiger partial charge in [-0.3, -0.25) is 4.68 Å². The van der Waals surface area contributed by atoms with Gasteiger partial charge in [0.1, 0.15) is 5.75 Å². The van der Waals surface area contributed by atoms with Crippen LogP contribution in [0.15, 0.2) is 30.3 Å². The number of hydrogen-bond donors (Lipinski definition) is 1. The predicted octanol–water partition coefficient (Wildman–Crippen LogP) is 2.76. The second-order valence-electron chi connectivity index (χ2n) is 4.16. The van der Waals surface area contributed by atoms with Crippen LogP contribution in [0.3, 0.4) is 0 Å². The van der Waals surface area contributed by atoms with E-state index in [0.29, 0.717) is 5.75 Å². The highest BCUT2D eigenvalue weighted by Crippen LogP contribution is 2.14. The second kappa shape index (κ2) is 5.04. The minimum atomic E-state index is 0.309. The SMILES string of the molecule is CCc1cc(CC)n(Cc2cccc(O)c2)n1. The molecule has 0 unspecified atom stereocenters. The summed E-state index contributed by atoms with van der Waals surface area (Å²) in [6.07, 6.45) is 1.94. The summed E-state index contributed by atoms with van der Waals surface area (Å²) in [6, 6.07) is 9.49. The highest BCUT2D eigenvalue weighted by molar-refractivity contribution is 5.27. The largest absolute Gasteiger partial charge is 0.508 e. The number of phenols is 1. The van der Waals surface area contributed by atoms with E-state index >= 15 is 0 Å². The van der Waals surface area contributed by atoms with Crippen LogP contribution in [0.2, 0.25) is 0 Å². The molecule has 0 bridgehead atoms. The minimum Gasteiger partial charge on any atom is -0.508 e. The summed E-state index contributed by atoms with van der Waals surface area (Å²) in [6.45, 7) is 4.97. The van der Waals surface area contributed by atoms with E-state index in [9.17, 15) is 5.11 Å². The van der Waals surface area contributed by atoms with Gasteiger partial charge in [-0.25, -0.2) is 0 Å². The number of aromatic nitrogens is 2. The van der Waals surface area contributed by atoms with Crippen LogP contribution in [-0.4, -0.2) is 14.9 Å². The summed E-state index contributed by atoms with van der Waals surface area (Å²) in [4.78, 5) is 0. The zero-order valence-corrected chi connectivity index (χ0v) is 10.3. The lowest BCUT2D eigenvalue weighted by Gasteiger charge is -2.06. The van der Waals surface area contributed by atoms with Gasteiger partial charge in [0.25, 0.3) is 0 Å². The van der Waals surface area contributed by atoms with Crippen molar-refractivity contribution in [1.29, 1.82) is 0 Å². The standard InChI is InChI=1S/C14H18N2O/c1-3-12-9-13(4-2)16(15-12)10-11-6-5-7-14(17)8-11/h5-9,17H,3-4,10H2,1-2H3. The van der Waals surface area contributed by atoms with Gasteiger partial charge in [-0.15, -0.1) is 0 Å². The van der Waals surface area contributed by atoms with Crippen molar-refractivity contribution in [3.63, 3.8) is 0 Å². The lowest BCUT2D eigenvalue weighted by molar-refractivity contribution is 0.474. The molecule has 1 aromatic carbocycles. The van der Waals surface area contributed by atoms with E-state index in [1.165, 1.54) is 5.69 Å². The summed E-state index contributed by atoms with van der Waals surface area (Å²) in [7, 11) is 0. The van der Waals surface area contributed by atoms with Crippen molar-refractivity contribution in [1.82, 2.24) is 9.78 Å². The van der Waals surface area contributed by atoms with Crippen LogP contribution in [-0.2, 0) is 19.4 Å². The smallest absolute Gasteiger partial charge is 0.115 e. The maximum absolute atomic E-state index is 9.44. The quantitative estimate of drug-likeness (QED) is 0.877. The van der Waals surface area contributed by atoms with Crippen molar-refractivity contribution in [2.24, 2.45) is 0 Å². The molecule has 0 spiro atoms. The molecule has 1 N–H and O–H groups in total. The summed E-state index contributed by atoms with van der Waals surface area (Å²) in [5, 5.41) is 14.0. The number of nitrogens with zero attached hydrogens (tertiary/aromatic N) is 2. The van der Waals surface area contributed by atoms with Crippen LogP contribution in [0.4, 0.5) is 0 Å². The van der Waals surface area contributed by atoms with Crippen LogP contribution in [0.1, 0.15) is 30.8 Å². The topological polar surface area (TPSA) is 38.0 Å². The molecule has 17 heavy (non-hydrogen) atoms. The molecule has 1 aromatic heterocycles. The summed E-state index contributed by atoms with van der Waals surface area (Å²) in [5.41, 5.74) is 3.44. The molecule has 1 heterocycles. The first kappa shape index (κ1) is 11.7. The third-order valence-electron chi connectivity index (χ3n) is 2.88. The second-order valence-corrected chi connectivity index (χ2v) is 4.16. The van der Waals surface area contributed by atoms with Crippen LogP contribution < -0.4 is 0 Å². The molecule has 0 saturated heterocycles. The predicted molar refractivity (Wildman–Crippen MR) is 68.2 cm³/mol. The Labute approximate surface area is 102 Å². The number of hydrogen-bond acceptors (Lipinski definition) is 2. The molecule has 0 atom stereocenters. The third-order valence-corrected chi connectivity index (χ3v) is 2.88. The van der Waals surface area contributed by atoms with E-state index in [1.807, 2.05) is 16.8 Å². The Morgan fingerprint density at radius 2 is 2.00 bits per heavy atom. The number of aromatic hydroxyl groups is 1. The first-order valence-electron chi connectivity index (χ1n) is 6.06. The number of rotatable bonds is 4. The first-order valence-corrected chi connectivity index (χ1v) is 6.06. The van der Waals surface area contributed by atoms with Gasteiger partial charge in [-0.05, 0) is 36.6 Å². The molecule has 0 aliphatic carbocycles. The highest BCUT2D eigenvalue weighted by atomic mass is 16.3. The average molecular weight is 230 g/mol. The molecule has 0 aliphatic rings. The molecular weight excluding hydrogens is 212 g/mol. The van der Waals surface area contributed by atoms with Gasteiger partial charge in [-0.2, -0.15) is 5.10 Å². The number of phenolic OH excluding ortho intramolecular Hbond substituents is 1. The van der Waals surface area contributed by atoms with E-state index in [0.717, 1.165) is 30.6 Å². The van der Waals surface area contributed by atoms with Gasteiger partial charge >= 0.3 is 0 Å². The molecule has 2 aromatic rings. The van der Waals surface area contributed by atoms with Gasteiger partial charge in [0.05, 0.1) is 12.2 Å². The Morgan fingerprint density at radius 1 is 1.18 bits per heavy atom. The molecule has 0 aliphatic heterocycles. The van der Waals surface area contributed by atoms with Gasteiger partial charge in [-0.1, -0.05) is 26.0 Å². The van der Waals surface area contributed by atoms with Gasteiger partial charge in [0, 0.05) is 5.69 Å². The third kappa shape index (κ3) is 2.67. The first-order chi connectivity index (χ1) is 8.22. The van der Waals surface area contributed by atoms with E-state index in [4.69, 9.17) is 0 Å². The fourth-order valence-corrected chi connectivity index (χ4v) is 1.94. The van der Waals surface area contributed by atoms with Crippen molar-refractivity contribution < 1.29 is 5.11 Å². The maximum Gasteiger partial charge on any atom is 0.115 e. The zero-order chi connectivity index (χ0) is 12.3. The molecule has 2 rings (SSSR count). The molecule has 90 valence electrons. The summed E-state index contributed by atoms with van der Waals surface area (Å²) < 4.78 is 2.02. The lowest BCUT2D eigenvalue weighted by atomic mass is 10.2. The van der Waals surface area contributed by atoms with Gasteiger partial charge in [0.15, 0.2) is 0 Å². The van der Waals surface area contributed by atoms with Crippen molar-refractivity contribution in [2.75, 3.05) is 0 Å². The van der Waals surface area contributed by atoms with Crippen LogP contribution in [0.25, 0.3) is 0 Å². The van der Waals surface area contributed by atoms with Crippen molar-refractivity contribution in [3.05, 3.63) is 47.3 Å². The lowest BCUT2D eigenvalue weighted by Crippen LogP contribution is -2.05. The molecule has 3 nitrogen and oxygen atoms in total. The van der Waals surface area contributed by atoms with Crippen molar-refractivity contribution >= 4 is 0 Å². The van der Waals surface area contributed by atoms with Gasteiger partial charge < -0.3 is 5.11 Å². The van der Waals surface area contributed by atoms with Crippen LogP contribution in [0, 0.1) is 0 Å². The summed E-state index contributed by atoms with van der Waals surface area (Å²) >= 11 is 0. The molecule has 3 heteroatoms. The van der Waals surface area contributed by atoms with Crippen LogP contribution in [0.5, 0.6) is 5.75 Å². The normalized spacial score (nSPS) is 10.7. The minimum absolute atomic E-state index is 0.309. The Hall–Kier alpha value is -1.77. The highest BCUT2D eigenvalue weighted by Gasteiger charge is 2.06. The van der Waals surface area contributed by atoms with E-state index in [1.54, 1.807) is 12.1 Å². The Bertz CT molecular complexity index is 503.